The van der Waals surface area contributed by atoms with Gasteiger partial charge in [0.1, 0.15) is 5.75 Å². The Hall–Kier alpha value is -1.95. The number of benzene rings is 1. The lowest BCUT2D eigenvalue weighted by atomic mass is 10.0. The van der Waals surface area contributed by atoms with E-state index < -0.39 is 0 Å². The van der Waals surface area contributed by atoms with E-state index in [-0.39, 0.29) is 0 Å². The van der Waals surface area contributed by atoms with Gasteiger partial charge in [-0.25, -0.2) is 0 Å². The second-order valence-electron chi connectivity index (χ2n) is 6.74. The third-order valence-electron chi connectivity index (χ3n) is 5.21. The summed E-state index contributed by atoms with van der Waals surface area (Å²) in [5.74, 6) is 2.50. The van der Waals surface area contributed by atoms with Gasteiger partial charge in [0.05, 0.1) is 21.3 Å². The molecule has 1 aromatic carbocycles. The maximum absolute atomic E-state index is 12.1. The van der Waals surface area contributed by atoms with Crippen LogP contribution in [0.3, 0.4) is 0 Å². The average Bonchev–Trinajstić information content (AvgIpc) is 3.07. The van der Waals surface area contributed by atoms with Crippen LogP contribution in [0.5, 0.6) is 17.2 Å². The summed E-state index contributed by atoms with van der Waals surface area (Å²) in [6, 6.07) is 4.21. The summed E-state index contributed by atoms with van der Waals surface area (Å²) in [6.45, 7) is 3.65. The molecule has 0 aliphatic carbocycles. The van der Waals surface area contributed by atoms with Crippen molar-refractivity contribution in [1.82, 2.24) is 9.80 Å². The molecule has 6 heteroatoms. The third-order valence-corrected chi connectivity index (χ3v) is 5.21. The Bertz CT molecular complexity index is 620. The molecule has 6 nitrogen and oxygen atoms in total. The van der Waals surface area contributed by atoms with Gasteiger partial charge in [-0.1, -0.05) is 0 Å². The number of piperidine rings is 1. The van der Waals surface area contributed by atoms with Crippen LogP contribution in [0.2, 0.25) is 0 Å². The number of hydrogen-bond acceptors (Lipinski definition) is 5. The second kappa shape index (κ2) is 7.95. The lowest BCUT2D eigenvalue weighted by molar-refractivity contribution is -0.130. The quantitative estimate of drug-likeness (QED) is 0.790. The van der Waals surface area contributed by atoms with Gasteiger partial charge in [0, 0.05) is 43.7 Å². The molecule has 2 aliphatic rings. The minimum Gasteiger partial charge on any atom is -0.496 e. The normalized spacial score (nSPS) is 21.5. The topological polar surface area (TPSA) is 51.2 Å². The lowest BCUT2D eigenvalue weighted by Gasteiger charge is -2.37. The molecule has 1 amide bonds. The van der Waals surface area contributed by atoms with Crippen LogP contribution in [0.25, 0.3) is 0 Å². The standard InChI is InChI=1S/C19H28N2O4/c1-23-16-11-18(25-3)17(24-2)10-14(16)12-20-8-4-6-15(13-20)21-9-5-7-19(21)22/h10-11,15H,4-9,12-13H2,1-3H3/t15-/m1/s1. The van der Waals surface area contributed by atoms with Crippen molar-refractivity contribution in [2.45, 2.75) is 38.3 Å². The van der Waals surface area contributed by atoms with Crippen LogP contribution >= 0.6 is 0 Å². The SMILES string of the molecule is COc1cc(OC)c(OC)cc1CN1CCC[C@@H](N2CCCC2=O)C1. The first kappa shape index (κ1) is 17.9. The van der Waals surface area contributed by atoms with Gasteiger partial charge in [-0.05, 0) is 31.9 Å². The Balaban J connectivity index is 1.73. The summed E-state index contributed by atoms with van der Waals surface area (Å²) in [6.07, 6.45) is 3.92. The first-order valence-corrected chi connectivity index (χ1v) is 8.97. The van der Waals surface area contributed by atoms with Gasteiger partial charge in [-0.3, -0.25) is 9.69 Å². The molecule has 2 fully saturated rings. The summed E-state index contributed by atoms with van der Waals surface area (Å²) in [4.78, 5) is 16.5. The Labute approximate surface area is 149 Å². The number of nitrogens with zero attached hydrogens (tertiary/aromatic N) is 2. The number of likely N-dealkylation sites (tertiary alicyclic amines) is 2. The largest absolute Gasteiger partial charge is 0.496 e. The fourth-order valence-corrected chi connectivity index (χ4v) is 3.94. The van der Waals surface area contributed by atoms with Gasteiger partial charge in [0.15, 0.2) is 11.5 Å². The zero-order valence-electron chi connectivity index (χ0n) is 15.4. The van der Waals surface area contributed by atoms with Crippen LogP contribution in [0, 0.1) is 0 Å². The fourth-order valence-electron chi connectivity index (χ4n) is 3.94. The van der Waals surface area contributed by atoms with Crippen molar-refractivity contribution in [3.05, 3.63) is 17.7 Å². The fraction of sp³-hybridized carbons (Fsp3) is 0.632. The predicted octanol–water partition coefficient (Wildman–Crippen LogP) is 2.30. The number of carbonyl (C=O) groups is 1. The molecule has 3 rings (SSSR count). The van der Waals surface area contributed by atoms with E-state index >= 15 is 0 Å². The summed E-state index contributed by atoms with van der Waals surface area (Å²) in [5.41, 5.74) is 1.08. The van der Waals surface area contributed by atoms with Crippen molar-refractivity contribution in [3.63, 3.8) is 0 Å². The van der Waals surface area contributed by atoms with Crippen molar-refractivity contribution >= 4 is 5.91 Å². The van der Waals surface area contributed by atoms with Gasteiger partial charge < -0.3 is 19.1 Å². The molecule has 1 atom stereocenters. The van der Waals surface area contributed by atoms with E-state index in [4.69, 9.17) is 14.2 Å². The molecule has 0 radical (unpaired) electrons. The molecular formula is C19H28N2O4. The second-order valence-corrected chi connectivity index (χ2v) is 6.74. The van der Waals surface area contributed by atoms with Crippen molar-refractivity contribution in [1.29, 1.82) is 0 Å². The van der Waals surface area contributed by atoms with E-state index in [9.17, 15) is 4.79 Å². The number of hydrogen-bond donors (Lipinski definition) is 0. The molecule has 1 aromatic rings. The number of rotatable bonds is 6. The summed E-state index contributed by atoms with van der Waals surface area (Å²) >= 11 is 0. The van der Waals surface area contributed by atoms with Gasteiger partial charge in [-0.15, -0.1) is 0 Å². The predicted molar refractivity (Wildman–Crippen MR) is 95.3 cm³/mol. The number of methoxy groups -OCH3 is 3. The van der Waals surface area contributed by atoms with Crippen molar-refractivity contribution in [2.24, 2.45) is 0 Å². The first-order valence-electron chi connectivity index (χ1n) is 8.97. The van der Waals surface area contributed by atoms with Crippen LogP contribution in [0.15, 0.2) is 12.1 Å². The van der Waals surface area contributed by atoms with E-state index in [2.05, 4.69) is 9.80 Å². The molecular weight excluding hydrogens is 320 g/mol. The molecule has 138 valence electrons. The number of ether oxygens (including phenoxy) is 3. The van der Waals surface area contributed by atoms with Crippen LogP contribution < -0.4 is 14.2 Å². The van der Waals surface area contributed by atoms with Crippen LogP contribution in [-0.4, -0.2) is 62.7 Å². The number of carbonyl (C=O) groups excluding carboxylic acids is 1. The minimum atomic E-state index is 0.315. The van der Waals surface area contributed by atoms with Gasteiger partial charge in [0.2, 0.25) is 5.91 Å². The highest BCUT2D eigenvalue weighted by Crippen LogP contribution is 2.35. The first-order chi connectivity index (χ1) is 12.2. The van der Waals surface area contributed by atoms with Crippen molar-refractivity contribution in [2.75, 3.05) is 41.0 Å². The summed E-state index contributed by atoms with van der Waals surface area (Å²) in [5, 5.41) is 0. The number of amides is 1. The zero-order valence-corrected chi connectivity index (χ0v) is 15.4. The molecule has 2 aliphatic heterocycles. The maximum Gasteiger partial charge on any atom is 0.222 e. The molecule has 0 spiro atoms. The molecule has 0 aromatic heterocycles. The smallest absolute Gasteiger partial charge is 0.222 e. The highest BCUT2D eigenvalue weighted by molar-refractivity contribution is 5.78. The van der Waals surface area contributed by atoms with Crippen molar-refractivity contribution in [3.8, 4) is 17.2 Å². The molecule has 0 bridgehead atoms. The molecule has 0 N–H and O–H groups in total. The molecule has 0 unspecified atom stereocenters. The Kier molecular flexibility index (Phi) is 5.68. The van der Waals surface area contributed by atoms with E-state index in [1.54, 1.807) is 21.3 Å². The molecule has 0 saturated carbocycles. The van der Waals surface area contributed by atoms with E-state index in [0.29, 0.717) is 29.9 Å². The van der Waals surface area contributed by atoms with E-state index in [1.165, 1.54) is 0 Å². The van der Waals surface area contributed by atoms with Crippen LogP contribution in [0.4, 0.5) is 0 Å². The highest BCUT2D eigenvalue weighted by atomic mass is 16.5. The minimum absolute atomic E-state index is 0.315. The Morgan fingerprint density at radius 1 is 1.00 bits per heavy atom. The average molecular weight is 348 g/mol. The van der Waals surface area contributed by atoms with Crippen molar-refractivity contribution < 1.29 is 19.0 Å². The van der Waals surface area contributed by atoms with Crippen LogP contribution in [-0.2, 0) is 11.3 Å². The van der Waals surface area contributed by atoms with Crippen LogP contribution in [0.1, 0.15) is 31.2 Å². The molecule has 2 saturated heterocycles. The van der Waals surface area contributed by atoms with E-state index in [1.807, 2.05) is 12.1 Å². The maximum atomic E-state index is 12.1. The molecule has 25 heavy (non-hydrogen) atoms. The highest BCUT2D eigenvalue weighted by Gasteiger charge is 2.31. The molecule has 2 heterocycles. The Morgan fingerprint density at radius 2 is 1.72 bits per heavy atom. The lowest BCUT2D eigenvalue weighted by Crippen LogP contribution is -2.48. The van der Waals surface area contributed by atoms with Gasteiger partial charge in [-0.2, -0.15) is 0 Å². The Morgan fingerprint density at radius 3 is 2.36 bits per heavy atom. The summed E-state index contributed by atoms with van der Waals surface area (Å²) in [7, 11) is 4.94. The monoisotopic (exact) mass is 348 g/mol. The summed E-state index contributed by atoms with van der Waals surface area (Å²) < 4.78 is 16.3. The van der Waals surface area contributed by atoms with Gasteiger partial charge in [0.25, 0.3) is 0 Å². The third kappa shape index (κ3) is 3.84. The van der Waals surface area contributed by atoms with Gasteiger partial charge >= 0.3 is 0 Å². The van der Waals surface area contributed by atoms with E-state index in [0.717, 1.165) is 56.8 Å². The zero-order chi connectivity index (χ0) is 17.8.